The number of aliphatic hydroxyl groups is 1. The molecule has 3 aromatic heterocycles. The quantitative estimate of drug-likeness (QED) is 0.477. The lowest BCUT2D eigenvalue weighted by atomic mass is 10.00. The fourth-order valence-electron chi connectivity index (χ4n) is 6.04. The molecule has 0 radical (unpaired) electrons. The van der Waals surface area contributed by atoms with Crippen LogP contribution in [0.5, 0.6) is 0 Å². The van der Waals surface area contributed by atoms with Crippen molar-refractivity contribution in [1.82, 2.24) is 34.5 Å². The highest BCUT2D eigenvalue weighted by molar-refractivity contribution is 5.96. The second kappa shape index (κ2) is 9.57. The molecule has 2 aliphatic heterocycles. The van der Waals surface area contributed by atoms with Crippen molar-refractivity contribution in [2.45, 2.75) is 69.7 Å². The number of aliphatic hydroxyl groups excluding tert-OH is 1. The van der Waals surface area contributed by atoms with Crippen LogP contribution >= 0.6 is 0 Å². The molecule has 2 atom stereocenters. The number of anilines is 2. The molecule has 6 rings (SSSR count). The monoisotopic (exact) mass is 491 g/mol. The minimum absolute atomic E-state index is 0.202. The maximum Gasteiger partial charge on any atom is 0.151 e. The number of hydrogen-bond donors (Lipinski definition) is 3. The van der Waals surface area contributed by atoms with Crippen LogP contribution in [0, 0.1) is 0 Å². The first kappa shape index (κ1) is 23.6. The maximum absolute atomic E-state index is 9.97. The van der Waals surface area contributed by atoms with Gasteiger partial charge in [0, 0.05) is 61.8 Å². The van der Waals surface area contributed by atoms with Crippen LogP contribution in [-0.2, 0) is 6.42 Å². The van der Waals surface area contributed by atoms with E-state index in [0.717, 1.165) is 85.8 Å². The third-order valence-corrected chi connectivity index (χ3v) is 8.23. The van der Waals surface area contributed by atoms with Gasteiger partial charge < -0.3 is 21.1 Å². The Morgan fingerprint density at radius 3 is 2.56 bits per heavy atom. The lowest BCUT2D eigenvalue weighted by Gasteiger charge is -2.46. The number of hydrogen-bond acceptors (Lipinski definition) is 9. The van der Waals surface area contributed by atoms with Crippen molar-refractivity contribution in [2.75, 3.05) is 44.3 Å². The number of likely N-dealkylation sites (tertiary alicyclic amines) is 2. The average molecular weight is 492 g/mol. The van der Waals surface area contributed by atoms with Crippen LogP contribution in [0.4, 0.5) is 11.6 Å². The summed E-state index contributed by atoms with van der Waals surface area (Å²) in [6, 6.07) is 1.33. The molecule has 5 heterocycles. The van der Waals surface area contributed by atoms with Gasteiger partial charge in [-0.25, -0.2) is 15.0 Å². The van der Waals surface area contributed by atoms with E-state index in [1.807, 2.05) is 6.20 Å². The van der Waals surface area contributed by atoms with Crippen molar-refractivity contribution in [3.8, 4) is 11.1 Å². The second-order valence-electron chi connectivity index (χ2n) is 10.8. The summed E-state index contributed by atoms with van der Waals surface area (Å²) in [6.45, 7) is 6.69. The van der Waals surface area contributed by atoms with Gasteiger partial charge in [0.1, 0.15) is 16.9 Å². The van der Waals surface area contributed by atoms with Gasteiger partial charge in [-0.3, -0.25) is 9.58 Å². The molecule has 0 spiro atoms. The Morgan fingerprint density at radius 2 is 1.86 bits per heavy atom. The maximum atomic E-state index is 9.97. The van der Waals surface area contributed by atoms with Crippen molar-refractivity contribution in [3.63, 3.8) is 0 Å². The molecule has 3 fully saturated rings. The molecule has 0 unspecified atom stereocenters. The molecule has 3 aromatic rings. The molecule has 192 valence electrons. The molecule has 3 aliphatic rings. The van der Waals surface area contributed by atoms with Crippen LogP contribution < -0.4 is 11.1 Å². The van der Waals surface area contributed by atoms with E-state index in [0.29, 0.717) is 17.4 Å². The van der Waals surface area contributed by atoms with E-state index in [2.05, 4.69) is 45.0 Å². The molecule has 1 aliphatic carbocycles. The fourth-order valence-corrected chi connectivity index (χ4v) is 6.04. The van der Waals surface area contributed by atoms with Crippen molar-refractivity contribution in [3.05, 3.63) is 24.3 Å². The van der Waals surface area contributed by atoms with Crippen LogP contribution in [0.15, 0.2) is 18.6 Å². The Morgan fingerprint density at radius 1 is 1.06 bits per heavy atom. The molecule has 1 saturated carbocycles. The Hall–Kier alpha value is -2.82. The van der Waals surface area contributed by atoms with Gasteiger partial charge in [-0.1, -0.05) is 6.92 Å². The zero-order valence-electron chi connectivity index (χ0n) is 21.3. The van der Waals surface area contributed by atoms with Gasteiger partial charge in [0.25, 0.3) is 0 Å². The number of fused-ring (bicyclic) bond motifs is 1. The highest BCUT2D eigenvalue weighted by Gasteiger charge is 2.32. The van der Waals surface area contributed by atoms with E-state index in [4.69, 9.17) is 20.8 Å². The summed E-state index contributed by atoms with van der Waals surface area (Å²) in [6.07, 6.45) is 11.0. The average Bonchev–Trinajstić information content (AvgIpc) is 3.51. The second-order valence-corrected chi connectivity index (χ2v) is 10.8. The number of nitrogens with two attached hydrogens (primary N) is 1. The molecule has 4 N–H and O–H groups in total. The van der Waals surface area contributed by atoms with Gasteiger partial charge in [-0.05, 0) is 45.6 Å². The summed E-state index contributed by atoms with van der Waals surface area (Å²) in [5.74, 6) is 1.16. The molecule has 36 heavy (non-hydrogen) atoms. The molecular formula is C26H37N9O. The van der Waals surface area contributed by atoms with Gasteiger partial charge in [0.05, 0.1) is 24.0 Å². The molecule has 0 amide bonds. The molecular weight excluding hydrogens is 454 g/mol. The third kappa shape index (κ3) is 4.42. The summed E-state index contributed by atoms with van der Waals surface area (Å²) < 4.78 is 2.12. The topological polar surface area (TPSA) is 121 Å². The van der Waals surface area contributed by atoms with Crippen LogP contribution in [-0.4, -0.2) is 91.1 Å². The third-order valence-electron chi connectivity index (χ3n) is 8.23. The predicted molar refractivity (Wildman–Crippen MR) is 141 cm³/mol. The number of aromatic nitrogens is 5. The standard InChI is InChI=1S/C26H37N9O/c1-3-22-26(30-17-4-5-20(36)10-17)32-23-21(12-28-25(27)24(23)31-22)16-11-29-35(13-16)18-6-8-34(9-7-18)19-14-33(2)15-19/h11-13,17-20,36H,3-10,14-15H2,1-2H3,(H2,27,28)(H,30,32)/t17-,20+/m1/s1. The molecule has 0 aromatic carbocycles. The predicted octanol–water partition coefficient (Wildman–Crippen LogP) is 2.31. The Kier molecular flexibility index (Phi) is 6.27. The highest BCUT2D eigenvalue weighted by atomic mass is 16.3. The summed E-state index contributed by atoms with van der Waals surface area (Å²) in [5.41, 5.74) is 10.4. The number of rotatable bonds is 6. The van der Waals surface area contributed by atoms with E-state index in [1.165, 1.54) is 13.1 Å². The van der Waals surface area contributed by atoms with Crippen molar-refractivity contribution in [2.24, 2.45) is 0 Å². The summed E-state index contributed by atoms with van der Waals surface area (Å²) in [7, 11) is 2.19. The normalized spacial score (nSPS) is 24.4. The number of aryl methyl sites for hydroxylation is 1. The number of pyridine rings is 1. The van der Waals surface area contributed by atoms with E-state index < -0.39 is 0 Å². The zero-order chi connectivity index (χ0) is 24.8. The highest BCUT2D eigenvalue weighted by Crippen LogP contribution is 2.33. The smallest absolute Gasteiger partial charge is 0.151 e. The fraction of sp³-hybridized carbons (Fsp3) is 0.615. The number of piperidine rings is 1. The number of likely N-dealkylation sites (N-methyl/N-ethyl adjacent to an activating group) is 1. The Labute approximate surface area is 211 Å². The SMILES string of the molecule is CCc1nc2c(N)ncc(-c3cnn(C4CCN(C5CN(C)C5)CC4)c3)c2nc1N[C@@H]1CC[C@H](O)C1. The van der Waals surface area contributed by atoms with Gasteiger partial charge in [-0.15, -0.1) is 0 Å². The van der Waals surface area contributed by atoms with Gasteiger partial charge in [0.15, 0.2) is 5.82 Å². The zero-order valence-corrected chi connectivity index (χ0v) is 21.3. The first-order chi connectivity index (χ1) is 17.5. The summed E-state index contributed by atoms with van der Waals surface area (Å²) >= 11 is 0. The molecule has 0 bridgehead atoms. The van der Waals surface area contributed by atoms with E-state index in [1.54, 1.807) is 6.20 Å². The van der Waals surface area contributed by atoms with Crippen LogP contribution in [0.3, 0.4) is 0 Å². The van der Waals surface area contributed by atoms with Crippen molar-refractivity contribution < 1.29 is 5.11 Å². The summed E-state index contributed by atoms with van der Waals surface area (Å²) in [5, 5.41) is 18.3. The van der Waals surface area contributed by atoms with Crippen LogP contribution in [0.25, 0.3) is 22.2 Å². The van der Waals surface area contributed by atoms with Gasteiger partial charge in [0.2, 0.25) is 0 Å². The first-order valence-electron chi connectivity index (χ1n) is 13.3. The summed E-state index contributed by atoms with van der Waals surface area (Å²) in [4.78, 5) is 19.4. The molecule has 10 nitrogen and oxygen atoms in total. The van der Waals surface area contributed by atoms with Crippen LogP contribution in [0.2, 0.25) is 0 Å². The Bertz CT molecular complexity index is 1230. The number of nitrogen functional groups attached to an aromatic ring is 1. The van der Waals surface area contributed by atoms with Gasteiger partial charge in [-0.2, -0.15) is 5.10 Å². The van der Waals surface area contributed by atoms with Crippen molar-refractivity contribution >= 4 is 22.7 Å². The largest absolute Gasteiger partial charge is 0.393 e. The minimum Gasteiger partial charge on any atom is -0.393 e. The Balaban J connectivity index is 1.26. The van der Waals surface area contributed by atoms with Crippen molar-refractivity contribution in [1.29, 1.82) is 0 Å². The minimum atomic E-state index is -0.246. The number of nitrogens with zero attached hydrogens (tertiary/aromatic N) is 7. The molecule has 10 heteroatoms. The van der Waals surface area contributed by atoms with E-state index in [-0.39, 0.29) is 12.1 Å². The van der Waals surface area contributed by atoms with Gasteiger partial charge >= 0.3 is 0 Å². The lowest BCUT2D eigenvalue weighted by Crippen LogP contribution is -2.59. The van der Waals surface area contributed by atoms with E-state index in [9.17, 15) is 5.11 Å². The van der Waals surface area contributed by atoms with Crippen LogP contribution in [0.1, 0.15) is 50.8 Å². The van der Waals surface area contributed by atoms with E-state index >= 15 is 0 Å². The lowest BCUT2D eigenvalue weighted by molar-refractivity contribution is 0.0296. The number of nitrogens with one attached hydrogen (secondary N) is 1. The first-order valence-corrected chi connectivity index (χ1v) is 13.3. The molecule has 2 saturated heterocycles.